The Morgan fingerprint density at radius 3 is 2.62 bits per heavy atom. The summed E-state index contributed by atoms with van der Waals surface area (Å²) in [6.45, 7) is 0.0577. The van der Waals surface area contributed by atoms with Gasteiger partial charge in [-0.3, -0.25) is 4.79 Å². The van der Waals surface area contributed by atoms with Crippen molar-refractivity contribution in [3.05, 3.63) is 0 Å². The fraction of sp³-hybridized carbons (Fsp3) is 0.875. The predicted octanol–water partition coefficient (Wildman–Crippen LogP) is -0.573. The summed E-state index contributed by atoms with van der Waals surface area (Å²) in [5.74, 6) is -0.0720. The van der Waals surface area contributed by atoms with Gasteiger partial charge in [0.1, 0.15) is 6.61 Å². The highest BCUT2D eigenvalue weighted by molar-refractivity contribution is 7.89. The van der Waals surface area contributed by atoms with Gasteiger partial charge in [-0.25, -0.2) is 13.1 Å². The van der Waals surface area contributed by atoms with E-state index in [-0.39, 0.29) is 25.5 Å². The van der Waals surface area contributed by atoms with Crippen LogP contribution in [0.5, 0.6) is 0 Å². The molecule has 0 aliphatic rings. The Labute approximate surface area is 101 Å². The van der Waals surface area contributed by atoms with E-state index in [1.807, 2.05) is 0 Å². The molecule has 3 N–H and O–H groups in total. The number of carbonyl (C=O) groups excluding carboxylic acids is 1. The van der Waals surface area contributed by atoms with Crippen LogP contribution in [0.3, 0.4) is 0 Å². The summed E-state index contributed by atoms with van der Waals surface area (Å²) in [6, 6.07) is 0. The largest absolute Gasteiger partial charge is 0.370 e. The standard InChI is InChI=1S/C8H17ClN2O4S/c9-3-1-2-6-16(13,14)11-4-5-15-7-8(10)12/h11H,1-7H2,(H2,10,12). The number of halogens is 1. The van der Waals surface area contributed by atoms with Crippen LogP contribution in [0.2, 0.25) is 0 Å². The van der Waals surface area contributed by atoms with E-state index in [0.717, 1.165) is 0 Å². The van der Waals surface area contributed by atoms with E-state index >= 15 is 0 Å². The smallest absolute Gasteiger partial charge is 0.243 e. The highest BCUT2D eigenvalue weighted by Crippen LogP contribution is 1.95. The number of nitrogens with two attached hydrogens (primary N) is 1. The Balaban J connectivity index is 3.54. The fourth-order valence-electron chi connectivity index (χ4n) is 0.901. The molecule has 0 radical (unpaired) electrons. The van der Waals surface area contributed by atoms with Gasteiger partial charge in [0.15, 0.2) is 0 Å². The molecule has 0 fully saturated rings. The molecule has 1 amide bonds. The van der Waals surface area contributed by atoms with Crippen molar-refractivity contribution in [2.45, 2.75) is 12.8 Å². The quantitative estimate of drug-likeness (QED) is 0.411. The Bertz CT molecular complexity index is 294. The van der Waals surface area contributed by atoms with Gasteiger partial charge in [0.2, 0.25) is 15.9 Å². The van der Waals surface area contributed by atoms with E-state index in [2.05, 4.69) is 4.72 Å². The maximum absolute atomic E-state index is 11.3. The lowest BCUT2D eigenvalue weighted by molar-refractivity contribution is -0.122. The number of unbranched alkanes of at least 4 members (excludes halogenated alkanes) is 1. The molecular weight excluding hydrogens is 256 g/mol. The lowest BCUT2D eigenvalue weighted by atomic mass is 10.4. The molecule has 0 aromatic rings. The normalized spacial score (nSPS) is 11.6. The molecule has 0 aliphatic heterocycles. The number of sulfonamides is 1. The molecular formula is C8H17ClN2O4S. The maximum Gasteiger partial charge on any atom is 0.243 e. The first kappa shape index (κ1) is 15.6. The van der Waals surface area contributed by atoms with Crippen molar-refractivity contribution in [1.29, 1.82) is 0 Å². The fourth-order valence-corrected chi connectivity index (χ4v) is 2.21. The summed E-state index contributed by atoms with van der Waals surface area (Å²) in [4.78, 5) is 10.3. The Morgan fingerprint density at radius 1 is 1.38 bits per heavy atom. The average molecular weight is 273 g/mol. The summed E-state index contributed by atoms with van der Waals surface area (Å²) in [5.41, 5.74) is 4.83. The number of alkyl halides is 1. The zero-order chi connectivity index (χ0) is 12.4. The van der Waals surface area contributed by atoms with Gasteiger partial charge in [-0.05, 0) is 12.8 Å². The number of rotatable bonds is 10. The summed E-state index contributed by atoms with van der Waals surface area (Å²) in [5, 5.41) is 0. The van der Waals surface area contributed by atoms with Crippen molar-refractivity contribution >= 4 is 27.5 Å². The third-order valence-electron chi connectivity index (χ3n) is 1.61. The molecule has 0 unspecified atom stereocenters. The number of hydrogen-bond donors (Lipinski definition) is 2. The minimum Gasteiger partial charge on any atom is -0.370 e. The van der Waals surface area contributed by atoms with Crippen molar-refractivity contribution in [1.82, 2.24) is 4.72 Å². The summed E-state index contributed by atoms with van der Waals surface area (Å²) in [7, 11) is -3.26. The molecule has 0 atom stereocenters. The van der Waals surface area contributed by atoms with Crippen molar-refractivity contribution in [2.75, 3.05) is 31.4 Å². The van der Waals surface area contributed by atoms with Crippen LogP contribution in [0.1, 0.15) is 12.8 Å². The first-order valence-electron chi connectivity index (χ1n) is 4.87. The third-order valence-corrected chi connectivity index (χ3v) is 3.35. The van der Waals surface area contributed by atoms with E-state index in [9.17, 15) is 13.2 Å². The zero-order valence-electron chi connectivity index (χ0n) is 8.95. The van der Waals surface area contributed by atoms with Gasteiger partial charge in [-0.1, -0.05) is 0 Å². The van der Waals surface area contributed by atoms with Crippen LogP contribution in [-0.4, -0.2) is 45.7 Å². The SMILES string of the molecule is NC(=O)COCCNS(=O)(=O)CCCCCl. The van der Waals surface area contributed by atoms with Gasteiger partial charge < -0.3 is 10.5 Å². The number of primary amides is 1. The lowest BCUT2D eigenvalue weighted by Crippen LogP contribution is -2.30. The molecule has 0 saturated heterocycles. The average Bonchev–Trinajstić information content (AvgIpc) is 2.16. The molecule has 0 aliphatic carbocycles. The van der Waals surface area contributed by atoms with E-state index in [0.29, 0.717) is 18.7 Å². The minimum absolute atomic E-state index is 0.0511. The molecule has 8 heteroatoms. The van der Waals surface area contributed by atoms with Crippen LogP contribution in [0.4, 0.5) is 0 Å². The second-order valence-corrected chi connectivity index (χ2v) is 5.43. The molecule has 0 aromatic carbocycles. The van der Waals surface area contributed by atoms with Crippen LogP contribution in [0, 0.1) is 0 Å². The molecule has 96 valence electrons. The third kappa shape index (κ3) is 10.2. The second-order valence-electron chi connectivity index (χ2n) is 3.13. The minimum atomic E-state index is -3.26. The van der Waals surface area contributed by atoms with E-state index in [1.54, 1.807) is 0 Å². The van der Waals surface area contributed by atoms with Gasteiger partial charge in [0.25, 0.3) is 0 Å². The second kappa shape index (κ2) is 8.74. The van der Waals surface area contributed by atoms with Crippen LogP contribution < -0.4 is 10.5 Å². The predicted molar refractivity (Wildman–Crippen MR) is 61.8 cm³/mol. The lowest BCUT2D eigenvalue weighted by Gasteiger charge is -2.06. The van der Waals surface area contributed by atoms with Crippen LogP contribution in [0.15, 0.2) is 0 Å². The molecule has 0 saturated carbocycles. The molecule has 16 heavy (non-hydrogen) atoms. The van der Waals surface area contributed by atoms with Gasteiger partial charge >= 0.3 is 0 Å². The van der Waals surface area contributed by atoms with Crippen molar-refractivity contribution in [3.63, 3.8) is 0 Å². The number of amides is 1. The molecule has 6 nitrogen and oxygen atoms in total. The Hall–Kier alpha value is -0.370. The van der Waals surface area contributed by atoms with Gasteiger partial charge in [-0.15, -0.1) is 11.6 Å². The summed E-state index contributed by atoms with van der Waals surface area (Å²) < 4.78 is 29.7. The van der Waals surface area contributed by atoms with Gasteiger partial charge in [-0.2, -0.15) is 0 Å². The first-order valence-corrected chi connectivity index (χ1v) is 7.06. The van der Waals surface area contributed by atoms with Crippen molar-refractivity contribution < 1.29 is 17.9 Å². The van der Waals surface area contributed by atoms with Crippen LogP contribution in [0.25, 0.3) is 0 Å². The molecule has 0 heterocycles. The number of carbonyl (C=O) groups is 1. The van der Waals surface area contributed by atoms with Gasteiger partial charge in [0, 0.05) is 12.4 Å². The number of hydrogen-bond acceptors (Lipinski definition) is 4. The molecule has 0 aromatic heterocycles. The topological polar surface area (TPSA) is 98.5 Å². The Kier molecular flexibility index (Phi) is 8.54. The summed E-state index contributed by atoms with van der Waals surface area (Å²) >= 11 is 5.43. The molecule has 0 spiro atoms. The number of nitrogens with one attached hydrogen (secondary N) is 1. The monoisotopic (exact) mass is 272 g/mol. The van der Waals surface area contributed by atoms with E-state index in [4.69, 9.17) is 22.1 Å². The maximum atomic E-state index is 11.3. The highest BCUT2D eigenvalue weighted by Gasteiger charge is 2.08. The Morgan fingerprint density at radius 2 is 2.06 bits per heavy atom. The van der Waals surface area contributed by atoms with Crippen molar-refractivity contribution in [2.24, 2.45) is 5.73 Å². The summed E-state index contributed by atoms with van der Waals surface area (Å²) in [6.07, 6.45) is 1.20. The van der Waals surface area contributed by atoms with Crippen LogP contribution >= 0.6 is 11.6 Å². The number of ether oxygens (including phenoxy) is 1. The van der Waals surface area contributed by atoms with Gasteiger partial charge in [0.05, 0.1) is 12.4 Å². The first-order chi connectivity index (χ1) is 7.48. The molecule has 0 bridgehead atoms. The van der Waals surface area contributed by atoms with E-state index < -0.39 is 15.9 Å². The van der Waals surface area contributed by atoms with Crippen molar-refractivity contribution in [3.8, 4) is 0 Å². The van der Waals surface area contributed by atoms with Crippen LogP contribution in [-0.2, 0) is 19.6 Å². The zero-order valence-corrected chi connectivity index (χ0v) is 10.5. The highest BCUT2D eigenvalue weighted by atomic mass is 35.5. The van der Waals surface area contributed by atoms with E-state index in [1.165, 1.54) is 0 Å². The molecule has 0 rings (SSSR count).